The number of anilines is 1. The van der Waals surface area contributed by atoms with E-state index in [0.717, 1.165) is 16.8 Å². The minimum absolute atomic E-state index is 0.0576. The number of likely N-dealkylation sites (N-methyl/N-ethyl adjacent to an activating group) is 1. The van der Waals surface area contributed by atoms with Gasteiger partial charge in [0.15, 0.2) is 0 Å². The molecule has 0 fully saturated rings. The molecule has 0 aliphatic carbocycles. The first-order chi connectivity index (χ1) is 13.1. The molecule has 3 rings (SSSR count). The van der Waals surface area contributed by atoms with Crippen molar-refractivity contribution in [3.8, 4) is 0 Å². The molecule has 0 saturated heterocycles. The zero-order valence-corrected chi connectivity index (χ0v) is 15.8. The predicted molar refractivity (Wildman–Crippen MR) is 108 cm³/mol. The summed E-state index contributed by atoms with van der Waals surface area (Å²) in [4.78, 5) is 28.2. The SMILES string of the molecule is CC(=O)N1C=Cc2ccccc2[C@H]1CC(=O)NCCN(C)c1ccccc1. The molecule has 5 heteroatoms. The van der Waals surface area contributed by atoms with Crippen LogP contribution in [0, 0.1) is 0 Å². The van der Waals surface area contributed by atoms with Crippen molar-refractivity contribution < 1.29 is 9.59 Å². The van der Waals surface area contributed by atoms with Crippen molar-refractivity contribution in [1.82, 2.24) is 10.2 Å². The first-order valence-electron chi connectivity index (χ1n) is 9.15. The normalized spacial score (nSPS) is 15.2. The minimum Gasteiger partial charge on any atom is -0.373 e. The van der Waals surface area contributed by atoms with Gasteiger partial charge in [0.25, 0.3) is 0 Å². The highest BCUT2D eigenvalue weighted by molar-refractivity contribution is 5.81. The number of amides is 2. The van der Waals surface area contributed by atoms with Gasteiger partial charge in [-0.05, 0) is 29.3 Å². The molecule has 1 aliphatic heterocycles. The number of hydrogen-bond acceptors (Lipinski definition) is 3. The van der Waals surface area contributed by atoms with Gasteiger partial charge in [0.1, 0.15) is 0 Å². The van der Waals surface area contributed by atoms with Crippen molar-refractivity contribution in [1.29, 1.82) is 0 Å². The monoisotopic (exact) mass is 363 g/mol. The average Bonchev–Trinajstić information content (AvgIpc) is 2.68. The summed E-state index contributed by atoms with van der Waals surface area (Å²) in [6.07, 6.45) is 3.93. The van der Waals surface area contributed by atoms with Gasteiger partial charge in [0.2, 0.25) is 11.8 Å². The Morgan fingerprint density at radius 1 is 1.07 bits per heavy atom. The van der Waals surface area contributed by atoms with Crippen LogP contribution < -0.4 is 10.2 Å². The molecule has 0 radical (unpaired) electrons. The summed E-state index contributed by atoms with van der Waals surface area (Å²) in [5.41, 5.74) is 3.17. The van der Waals surface area contributed by atoms with Crippen molar-refractivity contribution in [2.45, 2.75) is 19.4 Å². The van der Waals surface area contributed by atoms with E-state index in [1.807, 2.05) is 67.7 Å². The van der Waals surface area contributed by atoms with Gasteiger partial charge in [0.05, 0.1) is 12.5 Å². The van der Waals surface area contributed by atoms with Crippen molar-refractivity contribution in [2.24, 2.45) is 0 Å². The Labute approximate surface area is 160 Å². The Kier molecular flexibility index (Phi) is 5.91. The van der Waals surface area contributed by atoms with Crippen LogP contribution in [-0.2, 0) is 9.59 Å². The second-order valence-electron chi connectivity index (χ2n) is 6.70. The topological polar surface area (TPSA) is 52.7 Å². The van der Waals surface area contributed by atoms with E-state index >= 15 is 0 Å². The number of carbonyl (C=O) groups excluding carboxylic acids is 2. The second-order valence-corrected chi connectivity index (χ2v) is 6.70. The Morgan fingerprint density at radius 3 is 2.52 bits per heavy atom. The van der Waals surface area contributed by atoms with Gasteiger partial charge in [-0.3, -0.25) is 9.59 Å². The molecule has 1 N–H and O–H groups in total. The molecule has 1 atom stereocenters. The molecule has 0 spiro atoms. The van der Waals surface area contributed by atoms with Crippen LogP contribution in [0.1, 0.15) is 30.5 Å². The smallest absolute Gasteiger partial charge is 0.223 e. The lowest BCUT2D eigenvalue weighted by molar-refractivity contribution is -0.129. The number of nitrogens with one attached hydrogen (secondary N) is 1. The lowest BCUT2D eigenvalue weighted by Gasteiger charge is -2.32. The van der Waals surface area contributed by atoms with Gasteiger partial charge in [-0.25, -0.2) is 0 Å². The van der Waals surface area contributed by atoms with Crippen LogP contribution in [0.5, 0.6) is 0 Å². The van der Waals surface area contributed by atoms with E-state index in [4.69, 9.17) is 0 Å². The third-order valence-corrected chi connectivity index (χ3v) is 4.81. The van der Waals surface area contributed by atoms with Gasteiger partial charge in [-0.1, -0.05) is 42.5 Å². The van der Waals surface area contributed by atoms with Gasteiger partial charge < -0.3 is 15.1 Å². The number of hydrogen-bond donors (Lipinski definition) is 1. The molecule has 1 aliphatic rings. The predicted octanol–water partition coefficient (Wildman–Crippen LogP) is 3.20. The molecule has 2 aromatic carbocycles. The first kappa shape index (κ1) is 18.7. The molecule has 5 nitrogen and oxygen atoms in total. The number of benzene rings is 2. The lowest BCUT2D eigenvalue weighted by atomic mass is 9.93. The van der Waals surface area contributed by atoms with Gasteiger partial charge in [-0.2, -0.15) is 0 Å². The van der Waals surface area contributed by atoms with E-state index in [1.165, 1.54) is 6.92 Å². The molecule has 2 amide bonds. The number of rotatable bonds is 6. The highest BCUT2D eigenvalue weighted by Crippen LogP contribution is 2.32. The maximum atomic E-state index is 12.5. The number of nitrogens with zero attached hydrogens (tertiary/aromatic N) is 2. The summed E-state index contributed by atoms with van der Waals surface area (Å²) < 4.78 is 0. The summed E-state index contributed by atoms with van der Waals surface area (Å²) in [7, 11) is 2.00. The van der Waals surface area contributed by atoms with Crippen molar-refractivity contribution in [2.75, 3.05) is 25.0 Å². The van der Waals surface area contributed by atoms with Crippen molar-refractivity contribution in [3.63, 3.8) is 0 Å². The zero-order valence-electron chi connectivity index (χ0n) is 15.8. The van der Waals surface area contributed by atoms with Crippen LogP contribution >= 0.6 is 0 Å². The number of fused-ring (bicyclic) bond motifs is 1. The van der Waals surface area contributed by atoms with E-state index < -0.39 is 0 Å². The lowest BCUT2D eigenvalue weighted by Crippen LogP contribution is -2.37. The molecule has 2 aromatic rings. The number of carbonyl (C=O) groups is 2. The first-order valence-corrected chi connectivity index (χ1v) is 9.15. The Bertz CT molecular complexity index is 832. The molecule has 27 heavy (non-hydrogen) atoms. The zero-order chi connectivity index (χ0) is 19.2. The van der Waals surface area contributed by atoms with E-state index in [-0.39, 0.29) is 24.3 Å². The van der Waals surface area contributed by atoms with Gasteiger partial charge in [-0.15, -0.1) is 0 Å². The van der Waals surface area contributed by atoms with E-state index in [0.29, 0.717) is 13.1 Å². The maximum Gasteiger partial charge on any atom is 0.223 e. The largest absolute Gasteiger partial charge is 0.373 e. The van der Waals surface area contributed by atoms with Crippen molar-refractivity contribution in [3.05, 3.63) is 71.9 Å². The fourth-order valence-corrected chi connectivity index (χ4v) is 3.34. The van der Waals surface area contributed by atoms with E-state index in [1.54, 1.807) is 11.1 Å². The van der Waals surface area contributed by atoms with Crippen LogP contribution in [0.15, 0.2) is 60.8 Å². The molecule has 1 heterocycles. The number of para-hydroxylation sites is 1. The van der Waals surface area contributed by atoms with Crippen LogP contribution in [0.4, 0.5) is 5.69 Å². The molecule has 0 aromatic heterocycles. The highest BCUT2D eigenvalue weighted by atomic mass is 16.2. The Balaban J connectivity index is 1.59. The molecule has 0 unspecified atom stereocenters. The Morgan fingerprint density at radius 2 is 1.78 bits per heavy atom. The Hall–Kier alpha value is -3.08. The summed E-state index contributed by atoms with van der Waals surface area (Å²) in [6.45, 7) is 2.79. The fourth-order valence-electron chi connectivity index (χ4n) is 3.34. The second kappa shape index (κ2) is 8.54. The molecular formula is C22H25N3O2. The molecule has 0 bridgehead atoms. The molecular weight excluding hydrogens is 338 g/mol. The third-order valence-electron chi connectivity index (χ3n) is 4.81. The van der Waals surface area contributed by atoms with Crippen LogP contribution in [0.3, 0.4) is 0 Å². The van der Waals surface area contributed by atoms with E-state index in [2.05, 4.69) is 10.2 Å². The van der Waals surface area contributed by atoms with Crippen LogP contribution in [-0.4, -0.2) is 36.9 Å². The van der Waals surface area contributed by atoms with Gasteiger partial charge >= 0.3 is 0 Å². The minimum atomic E-state index is -0.268. The highest BCUT2D eigenvalue weighted by Gasteiger charge is 2.27. The van der Waals surface area contributed by atoms with Gasteiger partial charge in [0, 0.05) is 38.9 Å². The molecule has 0 saturated carbocycles. The van der Waals surface area contributed by atoms with Crippen LogP contribution in [0.25, 0.3) is 6.08 Å². The standard InChI is InChI=1S/C22H25N3O2/c1-17(26)25-14-12-18-8-6-7-11-20(18)21(25)16-22(27)23-13-15-24(2)19-9-4-3-5-10-19/h3-12,14,21H,13,15-16H2,1-2H3,(H,23,27)/t21-/m1/s1. The fraction of sp³-hybridized carbons (Fsp3) is 0.273. The van der Waals surface area contributed by atoms with Crippen LogP contribution in [0.2, 0.25) is 0 Å². The summed E-state index contributed by atoms with van der Waals surface area (Å²) >= 11 is 0. The third kappa shape index (κ3) is 4.56. The molecule has 140 valence electrons. The quantitative estimate of drug-likeness (QED) is 0.857. The maximum absolute atomic E-state index is 12.5. The summed E-state index contributed by atoms with van der Waals surface area (Å²) in [6, 6.07) is 17.7. The summed E-state index contributed by atoms with van der Waals surface area (Å²) in [5, 5.41) is 2.98. The summed E-state index contributed by atoms with van der Waals surface area (Å²) in [5.74, 6) is -0.125. The van der Waals surface area contributed by atoms with E-state index in [9.17, 15) is 9.59 Å². The van der Waals surface area contributed by atoms with Crippen molar-refractivity contribution >= 4 is 23.6 Å². The average molecular weight is 363 g/mol.